The summed E-state index contributed by atoms with van der Waals surface area (Å²) >= 11 is 0. The molecule has 0 N–H and O–H groups in total. The first kappa shape index (κ1) is 20.0. The second-order valence-electron chi connectivity index (χ2n) is 6.81. The van der Waals surface area contributed by atoms with Crippen LogP contribution in [-0.2, 0) is 6.54 Å². The Kier molecular flexibility index (Phi) is 6.76. The number of benzene rings is 2. The highest BCUT2D eigenvalue weighted by Crippen LogP contribution is 2.31. The maximum Gasteiger partial charge on any atom is 0.257 e. The summed E-state index contributed by atoms with van der Waals surface area (Å²) in [6.07, 6.45) is 0.939. The molecule has 0 saturated carbocycles. The number of hydrogen-bond acceptors (Lipinski definition) is 5. The summed E-state index contributed by atoms with van der Waals surface area (Å²) in [4.78, 5) is 17.4. The summed E-state index contributed by atoms with van der Waals surface area (Å²) in [5.74, 6) is 1.92. The first-order valence-corrected chi connectivity index (χ1v) is 9.51. The predicted octanol–water partition coefficient (Wildman–Crippen LogP) is 3.06. The fourth-order valence-corrected chi connectivity index (χ4v) is 3.55. The zero-order chi connectivity index (χ0) is 19.9. The van der Waals surface area contributed by atoms with Crippen LogP contribution in [0.15, 0.2) is 42.5 Å². The van der Waals surface area contributed by atoms with E-state index in [0.717, 1.165) is 38.3 Å². The van der Waals surface area contributed by atoms with E-state index in [1.54, 1.807) is 33.5 Å². The number of methoxy groups -OCH3 is 3. The van der Waals surface area contributed by atoms with Gasteiger partial charge in [0, 0.05) is 32.7 Å². The van der Waals surface area contributed by atoms with Crippen LogP contribution in [0.2, 0.25) is 0 Å². The van der Waals surface area contributed by atoms with Crippen LogP contribution < -0.4 is 14.2 Å². The lowest BCUT2D eigenvalue weighted by Crippen LogP contribution is -2.35. The molecule has 28 heavy (non-hydrogen) atoms. The Labute approximate surface area is 166 Å². The Hall–Kier alpha value is -2.73. The lowest BCUT2D eigenvalue weighted by molar-refractivity contribution is 0.0757. The van der Waals surface area contributed by atoms with E-state index in [2.05, 4.69) is 17.0 Å². The van der Waals surface area contributed by atoms with Crippen LogP contribution in [0, 0.1) is 0 Å². The lowest BCUT2D eigenvalue weighted by atomic mass is 10.1. The molecule has 6 nitrogen and oxygen atoms in total. The fourth-order valence-electron chi connectivity index (χ4n) is 3.55. The number of carbonyl (C=O) groups excluding carboxylic acids is 1. The van der Waals surface area contributed by atoms with E-state index >= 15 is 0 Å². The highest BCUT2D eigenvalue weighted by Gasteiger charge is 2.24. The molecule has 1 aliphatic heterocycles. The van der Waals surface area contributed by atoms with E-state index in [9.17, 15) is 4.79 Å². The van der Waals surface area contributed by atoms with Gasteiger partial charge in [0.05, 0.1) is 26.9 Å². The monoisotopic (exact) mass is 384 g/mol. The number of ether oxygens (including phenoxy) is 3. The van der Waals surface area contributed by atoms with Crippen LogP contribution in [-0.4, -0.2) is 63.2 Å². The summed E-state index contributed by atoms with van der Waals surface area (Å²) in [7, 11) is 4.81. The molecular weight excluding hydrogens is 356 g/mol. The molecule has 6 heteroatoms. The second kappa shape index (κ2) is 9.46. The van der Waals surface area contributed by atoms with Gasteiger partial charge in [0.1, 0.15) is 5.75 Å². The van der Waals surface area contributed by atoms with Gasteiger partial charge < -0.3 is 19.1 Å². The number of rotatable bonds is 6. The van der Waals surface area contributed by atoms with E-state index in [0.29, 0.717) is 23.6 Å². The first-order chi connectivity index (χ1) is 13.7. The zero-order valence-electron chi connectivity index (χ0n) is 16.8. The zero-order valence-corrected chi connectivity index (χ0v) is 16.8. The lowest BCUT2D eigenvalue weighted by Gasteiger charge is -2.23. The predicted molar refractivity (Wildman–Crippen MR) is 108 cm³/mol. The van der Waals surface area contributed by atoms with Crippen molar-refractivity contribution in [2.45, 2.75) is 13.0 Å². The standard InChI is InChI=1S/C22H28N2O4/c1-26-18-10-8-17(9-11-18)16-23-12-5-13-24(15-14-23)22(25)19-6-4-7-20(27-2)21(19)28-3/h4,6-11H,5,12-16H2,1-3H3. The minimum Gasteiger partial charge on any atom is -0.497 e. The van der Waals surface area contributed by atoms with Crippen molar-refractivity contribution in [1.29, 1.82) is 0 Å². The Bertz CT molecular complexity index is 792. The molecule has 0 radical (unpaired) electrons. The molecule has 1 heterocycles. The first-order valence-electron chi connectivity index (χ1n) is 9.51. The highest BCUT2D eigenvalue weighted by atomic mass is 16.5. The smallest absolute Gasteiger partial charge is 0.257 e. The van der Waals surface area contributed by atoms with Crippen molar-refractivity contribution in [3.05, 3.63) is 53.6 Å². The number of para-hydroxylation sites is 1. The molecule has 1 saturated heterocycles. The Morgan fingerprint density at radius 3 is 2.36 bits per heavy atom. The second-order valence-corrected chi connectivity index (χ2v) is 6.81. The quantitative estimate of drug-likeness (QED) is 0.766. The van der Waals surface area contributed by atoms with Gasteiger partial charge in [-0.15, -0.1) is 0 Å². The van der Waals surface area contributed by atoms with E-state index in [1.165, 1.54) is 5.56 Å². The van der Waals surface area contributed by atoms with Crippen LogP contribution in [0.3, 0.4) is 0 Å². The van der Waals surface area contributed by atoms with Crippen LogP contribution in [0.5, 0.6) is 17.2 Å². The van der Waals surface area contributed by atoms with Crippen LogP contribution in [0.1, 0.15) is 22.3 Å². The highest BCUT2D eigenvalue weighted by molar-refractivity contribution is 5.97. The van der Waals surface area contributed by atoms with Crippen molar-refractivity contribution in [3.8, 4) is 17.2 Å². The number of amides is 1. The third kappa shape index (κ3) is 4.57. The van der Waals surface area contributed by atoms with Gasteiger partial charge in [-0.05, 0) is 36.2 Å². The van der Waals surface area contributed by atoms with Crippen LogP contribution in [0.25, 0.3) is 0 Å². The molecule has 3 rings (SSSR count). The number of hydrogen-bond donors (Lipinski definition) is 0. The van der Waals surface area contributed by atoms with Gasteiger partial charge in [0.15, 0.2) is 11.5 Å². The third-order valence-electron chi connectivity index (χ3n) is 5.07. The van der Waals surface area contributed by atoms with Crippen LogP contribution in [0.4, 0.5) is 0 Å². The molecule has 1 aliphatic rings. The molecule has 1 fully saturated rings. The molecular formula is C22H28N2O4. The summed E-state index contributed by atoms with van der Waals surface area (Å²) in [6.45, 7) is 4.09. The number of nitrogens with zero attached hydrogens (tertiary/aromatic N) is 2. The molecule has 2 aromatic carbocycles. The van der Waals surface area contributed by atoms with Crippen LogP contribution >= 0.6 is 0 Å². The van der Waals surface area contributed by atoms with Gasteiger partial charge in [0.2, 0.25) is 0 Å². The third-order valence-corrected chi connectivity index (χ3v) is 5.07. The molecule has 0 aliphatic carbocycles. The summed E-state index contributed by atoms with van der Waals surface area (Å²) in [5.41, 5.74) is 1.79. The molecule has 0 bridgehead atoms. The van der Waals surface area contributed by atoms with Crippen molar-refractivity contribution >= 4 is 5.91 Å². The van der Waals surface area contributed by atoms with Crippen molar-refractivity contribution in [2.24, 2.45) is 0 Å². The maximum absolute atomic E-state index is 13.1. The largest absolute Gasteiger partial charge is 0.497 e. The minimum absolute atomic E-state index is 0.0120. The molecule has 0 atom stereocenters. The van der Waals surface area contributed by atoms with Gasteiger partial charge in [-0.1, -0.05) is 18.2 Å². The molecule has 0 spiro atoms. The average Bonchev–Trinajstić information content (AvgIpc) is 2.98. The van der Waals surface area contributed by atoms with Gasteiger partial charge >= 0.3 is 0 Å². The Balaban J connectivity index is 1.65. The topological polar surface area (TPSA) is 51.2 Å². The SMILES string of the molecule is COc1ccc(CN2CCCN(C(=O)c3cccc(OC)c3OC)CC2)cc1. The number of carbonyl (C=O) groups is 1. The van der Waals surface area contributed by atoms with Gasteiger partial charge in [-0.25, -0.2) is 0 Å². The molecule has 0 unspecified atom stereocenters. The average molecular weight is 384 g/mol. The van der Waals surface area contributed by atoms with Crippen molar-refractivity contribution < 1.29 is 19.0 Å². The van der Waals surface area contributed by atoms with E-state index < -0.39 is 0 Å². The summed E-state index contributed by atoms with van der Waals surface area (Å²) < 4.78 is 16.0. The van der Waals surface area contributed by atoms with E-state index in [1.807, 2.05) is 23.1 Å². The minimum atomic E-state index is -0.0120. The Morgan fingerprint density at radius 2 is 1.68 bits per heavy atom. The van der Waals surface area contributed by atoms with Crippen molar-refractivity contribution in [2.75, 3.05) is 47.5 Å². The van der Waals surface area contributed by atoms with E-state index in [-0.39, 0.29) is 5.91 Å². The maximum atomic E-state index is 13.1. The molecule has 150 valence electrons. The van der Waals surface area contributed by atoms with Gasteiger partial charge in [-0.3, -0.25) is 9.69 Å². The molecule has 1 amide bonds. The van der Waals surface area contributed by atoms with Gasteiger partial charge in [0.25, 0.3) is 5.91 Å². The Morgan fingerprint density at radius 1 is 0.893 bits per heavy atom. The molecule has 0 aromatic heterocycles. The summed E-state index contributed by atoms with van der Waals surface area (Å²) in [5, 5.41) is 0. The van der Waals surface area contributed by atoms with E-state index in [4.69, 9.17) is 14.2 Å². The fraction of sp³-hybridized carbons (Fsp3) is 0.409. The van der Waals surface area contributed by atoms with Gasteiger partial charge in [-0.2, -0.15) is 0 Å². The molecule has 2 aromatic rings. The normalized spacial score (nSPS) is 15.0. The van der Waals surface area contributed by atoms with Crippen molar-refractivity contribution in [1.82, 2.24) is 9.80 Å². The van der Waals surface area contributed by atoms with Crippen molar-refractivity contribution in [3.63, 3.8) is 0 Å². The summed E-state index contributed by atoms with van der Waals surface area (Å²) in [6, 6.07) is 13.6.